The van der Waals surface area contributed by atoms with Gasteiger partial charge in [0.05, 0.1) is 32.0 Å². The van der Waals surface area contributed by atoms with Crippen molar-refractivity contribution >= 4 is 55.5 Å². The zero-order valence-corrected chi connectivity index (χ0v) is 35.3. The number of carboxylic acids is 4. The predicted octanol–water partition coefficient (Wildman–Crippen LogP) is 6.39. The first-order valence-corrected chi connectivity index (χ1v) is 21.0. The molecule has 0 saturated heterocycles. The maximum absolute atomic E-state index is 11.2. The number of nitrogens with zero attached hydrogens (tertiary/aromatic N) is 2. The van der Waals surface area contributed by atoms with Gasteiger partial charge in [-0.25, -0.2) is 36.0 Å². The van der Waals surface area contributed by atoms with Gasteiger partial charge in [-0.15, -0.1) is 0 Å². The molecule has 0 saturated carbocycles. The van der Waals surface area contributed by atoms with Crippen LogP contribution in [0.25, 0.3) is 0 Å². The van der Waals surface area contributed by atoms with Crippen molar-refractivity contribution in [3.63, 3.8) is 0 Å². The zero-order chi connectivity index (χ0) is 45.2. The third kappa shape index (κ3) is 14.1. The van der Waals surface area contributed by atoms with Gasteiger partial charge >= 0.3 is 40.7 Å². The Morgan fingerprint density at radius 1 is 0.365 bits per heavy atom. The van der Waals surface area contributed by atoms with E-state index in [0.29, 0.717) is 37.6 Å². The summed E-state index contributed by atoms with van der Waals surface area (Å²) >= 11 is 0. The number of hydrogen-bond acceptors (Lipinski definition) is 12. The summed E-state index contributed by atoms with van der Waals surface area (Å²) in [6.45, 7) is 1.46. The van der Waals surface area contributed by atoms with Crippen LogP contribution >= 0.6 is 0 Å². The summed E-state index contributed by atoms with van der Waals surface area (Å²) in [5.74, 6) is -4.12. The van der Waals surface area contributed by atoms with E-state index < -0.39 is 44.1 Å². The standard InChI is InChI=1S/2C22H19NO7S.Co/c2*24-21(25)17-5-1-15(2-6-17)13-23(14-16-3-7-18(8-4-16)22(26)27)19-9-11-20(12-10-19)31(28,29)30;/h2*1-12H,13-14H2,(H,24,25)(H,26,27)(H,28,29,30);/q;;+2/p-2. The molecule has 0 spiro atoms. The van der Waals surface area contributed by atoms with Crippen LogP contribution < -0.4 is 9.80 Å². The number of benzene rings is 6. The Kier molecular flexibility index (Phi) is 16.5. The van der Waals surface area contributed by atoms with E-state index in [2.05, 4.69) is 0 Å². The molecule has 0 aliphatic rings. The SMILES string of the molecule is O=C(O)c1ccc(CN(Cc2ccc(C(=O)O)cc2)c2ccc(S(=O)(=O)[O-])cc2)cc1.O=C(O)c1ccc(CN(Cc2ccc(C(=O)O)cc2)c2ccc(S(=O)(=O)[O-])cc2)cc1.[Co+2]. The Morgan fingerprint density at radius 3 is 0.714 bits per heavy atom. The van der Waals surface area contributed by atoms with Gasteiger partial charge < -0.3 is 39.3 Å². The molecule has 0 amide bonds. The van der Waals surface area contributed by atoms with Crippen molar-refractivity contribution in [1.29, 1.82) is 0 Å². The van der Waals surface area contributed by atoms with Gasteiger partial charge in [-0.3, -0.25) is 0 Å². The number of hydrogen-bond donors (Lipinski definition) is 4. The number of rotatable bonds is 16. The summed E-state index contributed by atoms with van der Waals surface area (Å²) in [5, 5.41) is 36.2. The molecule has 0 heterocycles. The van der Waals surface area contributed by atoms with Gasteiger partial charge in [-0.05, 0) is 119 Å². The first-order valence-electron chi connectivity index (χ1n) is 18.2. The maximum atomic E-state index is 11.2. The van der Waals surface area contributed by atoms with Crippen LogP contribution in [0.5, 0.6) is 0 Å². The van der Waals surface area contributed by atoms with Crippen molar-refractivity contribution in [2.24, 2.45) is 0 Å². The maximum Gasteiger partial charge on any atom is 2.00 e. The second-order valence-corrected chi connectivity index (χ2v) is 16.4. The van der Waals surface area contributed by atoms with E-state index in [0.717, 1.165) is 22.3 Å². The number of aromatic carboxylic acids is 4. The largest absolute Gasteiger partial charge is 2.00 e. The Balaban J connectivity index is 0.000000272. The third-order valence-electron chi connectivity index (χ3n) is 9.28. The van der Waals surface area contributed by atoms with Crippen molar-refractivity contribution in [2.45, 2.75) is 36.0 Å². The number of carbonyl (C=O) groups is 4. The molecule has 0 unspecified atom stereocenters. The zero-order valence-electron chi connectivity index (χ0n) is 32.6. The quantitative estimate of drug-likeness (QED) is 0.0766. The molecule has 63 heavy (non-hydrogen) atoms. The van der Waals surface area contributed by atoms with Crippen LogP contribution in [0.4, 0.5) is 11.4 Å². The van der Waals surface area contributed by atoms with Gasteiger partial charge in [0.25, 0.3) is 0 Å². The smallest absolute Gasteiger partial charge is 0.744 e. The van der Waals surface area contributed by atoms with Crippen molar-refractivity contribution in [3.05, 3.63) is 190 Å². The van der Waals surface area contributed by atoms with E-state index >= 15 is 0 Å². The van der Waals surface area contributed by atoms with Crippen LogP contribution in [-0.4, -0.2) is 70.2 Å². The molecule has 0 atom stereocenters. The van der Waals surface area contributed by atoms with Crippen molar-refractivity contribution in [1.82, 2.24) is 0 Å². The molecule has 0 fully saturated rings. The normalized spacial score (nSPS) is 11.0. The summed E-state index contributed by atoms with van der Waals surface area (Å²) in [6, 6.07) is 36.3. The monoisotopic (exact) mass is 939 g/mol. The van der Waals surface area contributed by atoms with Gasteiger partial charge in [0.1, 0.15) is 20.2 Å². The summed E-state index contributed by atoms with van der Waals surface area (Å²) in [5.41, 5.74) is 5.15. The van der Waals surface area contributed by atoms with Gasteiger partial charge in [0, 0.05) is 37.6 Å². The molecule has 6 aromatic rings. The van der Waals surface area contributed by atoms with E-state index in [-0.39, 0.29) is 48.8 Å². The second kappa shape index (κ2) is 21.3. The van der Waals surface area contributed by atoms with Crippen LogP contribution in [0.15, 0.2) is 155 Å². The average Bonchev–Trinajstić information content (AvgIpc) is 3.23. The van der Waals surface area contributed by atoms with Crippen molar-refractivity contribution in [2.75, 3.05) is 9.80 Å². The molecule has 16 nitrogen and oxygen atoms in total. The first kappa shape index (κ1) is 48.8. The van der Waals surface area contributed by atoms with E-state index in [1.54, 1.807) is 48.5 Å². The number of anilines is 2. The summed E-state index contributed by atoms with van der Waals surface area (Å²) in [6.07, 6.45) is 0. The predicted molar refractivity (Wildman–Crippen MR) is 222 cm³/mol. The molecule has 1 radical (unpaired) electrons. The minimum absolute atomic E-state index is 0. The summed E-state index contributed by atoms with van der Waals surface area (Å²) in [4.78, 5) is 47.3. The van der Waals surface area contributed by atoms with E-state index in [1.165, 1.54) is 97.1 Å². The second-order valence-electron chi connectivity index (χ2n) is 13.6. The molecule has 0 aromatic heterocycles. The molecular weight excluding hydrogens is 904 g/mol. The Hall–Kier alpha value is -6.87. The molecular formula is C44H36CoN2O14S2. The van der Waals surface area contributed by atoms with Crippen LogP contribution in [0.3, 0.4) is 0 Å². The minimum atomic E-state index is -4.57. The third-order valence-corrected chi connectivity index (χ3v) is 11.0. The Morgan fingerprint density at radius 2 is 0.556 bits per heavy atom. The Bertz CT molecular complexity index is 2460. The summed E-state index contributed by atoms with van der Waals surface area (Å²) in [7, 11) is -9.14. The van der Waals surface area contributed by atoms with Crippen molar-refractivity contribution < 1.29 is 82.3 Å². The fourth-order valence-corrected chi connectivity index (χ4v) is 6.96. The van der Waals surface area contributed by atoms with E-state index in [1.807, 2.05) is 9.80 Å². The summed E-state index contributed by atoms with van der Waals surface area (Å²) < 4.78 is 67.2. The van der Waals surface area contributed by atoms with Crippen molar-refractivity contribution in [3.8, 4) is 0 Å². The van der Waals surface area contributed by atoms with Gasteiger partial charge in [-0.2, -0.15) is 0 Å². The minimum Gasteiger partial charge on any atom is -0.744 e. The van der Waals surface area contributed by atoms with Gasteiger partial charge in [0.15, 0.2) is 0 Å². The fraction of sp³-hybridized carbons (Fsp3) is 0.0909. The molecule has 0 aliphatic heterocycles. The van der Waals surface area contributed by atoms with Crippen LogP contribution in [0, 0.1) is 0 Å². The molecule has 0 aliphatic carbocycles. The topological polar surface area (TPSA) is 270 Å². The molecule has 0 bridgehead atoms. The van der Waals surface area contributed by atoms with E-state index in [4.69, 9.17) is 20.4 Å². The van der Waals surface area contributed by atoms with E-state index in [9.17, 15) is 45.1 Å². The molecule has 327 valence electrons. The molecule has 6 aromatic carbocycles. The van der Waals surface area contributed by atoms with Crippen LogP contribution in [-0.2, 0) is 63.2 Å². The van der Waals surface area contributed by atoms with Crippen LogP contribution in [0.2, 0.25) is 0 Å². The van der Waals surface area contributed by atoms with Crippen LogP contribution in [0.1, 0.15) is 63.7 Å². The van der Waals surface area contributed by atoms with Gasteiger partial charge in [0.2, 0.25) is 0 Å². The van der Waals surface area contributed by atoms with Gasteiger partial charge in [-0.1, -0.05) is 48.5 Å². The molecule has 19 heteroatoms. The molecule has 6 rings (SSSR count). The first-order chi connectivity index (χ1) is 29.3. The fourth-order valence-electron chi connectivity index (χ4n) is 6.02. The average molecular weight is 940 g/mol. The Labute approximate surface area is 372 Å². The number of carboxylic acid groups (broad SMARTS) is 4. The molecule has 4 N–H and O–H groups in total.